The van der Waals surface area contributed by atoms with E-state index in [1.807, 2.05) is 0 Å². The van der Waals surface area contributed by atoms with E-state index in [-0.39, 0.29) is 41.1 Å². The number of nitrogens with zero attached hydrogens (tertiary/aromatic N) is 5. The minimum atomic E-state index is -5.97. The molecule has 12 N–H and O–H groups in total. The fourth-order valence-corrected chi connectivity index (χ4v) is 9.32. The highest BCUT2D eigenvalue weighted by molar-refractivity contribution is 7.66. The van der Waals surface area contributed by atoms with Crippen LogP contribution in [0.15, 0.2) is 15.9 Å². The number of nitrogen functional groups attached to an aromatic ring is 2. The molecule has 31 heteroatoms. The molecule has 0 amide bonds. The molecule has 3 aromatic rings. The third kappa shape index (κ3) is 9.49. The molecule has 2 aliphatic rings. The van der Waals surface area contributed by atoms with Gasteiger partial charge in [-0.3, -0.25) is 33.2 Å². The number of H-pyrrole nitrogens is 2. The number of aromatic amines is 2. The van der Waals surface area contributed by atoms with Crippen molar-refractivity contribution in [2.24, 2.45) is 0 Å². The molecular weight excluding hydrogens is 809 g/mol. The van der Waals surface area contributed by atoms with Crippen LogP contribution in [-0.2, 0) is 50.3 Å². The lowest BCUT2D eigenvalue weighted by molar-refractivity contribution is -0.0577. The Labute approximate surface area is 308 Å². The van der Waals surface area contributed by atoms with Gasteiger partial charge in [-0.25, -0.2) is 18.7 Å². The van der Waals surface area contributed by atoms with Crippen molar-refractivity contribution in [3.8, 4) is 0 Å². The average molecular weight is 849 g/mol. The predicted octanol–water partition coefficient (Wildman–Crippen LogP) is -2.90. The third-order valence-corrected chi connectivity index (χ3v) is 12.4. The van der Waals surface area contributed by atoms with Gasteiger partial charge in [0, 0.05) is 14.2 Å². The summed E-state index contributed by atoms with van der Waals surface area (Å²) in [7, 11) is -13.3. The summed E-state index contributed by atoms with van der Waals surface area (Å²) >= 11 is 0. The van der Waals surface area contributed by atoms with Crippen molar-refractivity contribution in [3.05, 3.63) is 32.6 Å². The summed E-state index contributed by atoms with van der Waals surface area (Å²) in [5.74, 6) is -0.484. The molecule has 0 bridgehead atoms. The standard InChI is InChI=1S/C24H39N10O18P3/c1-9-17(29-23(25)31-19(9)37)33(7-27-2)21-14(36)15(45-3)11(50-21)6-48-54(41,42)52-55(43,44)51-53(39,40)47-5-10-13(35)16(46-4)22(49-10)34-8-28-12-18(34)30-24(26)32-20(12)38/h8,10-11,13-16,21-22,27,35-36H,5-7H2,1-4H3,(H,39,40)(H,41,42)(H,43,44)(H3,25,29,31,37)(H3,26,30,32,38)/t10-,11-,13-,14+,15+,16-,21-,22-/m1/s1. The van der Waals surface area contributed by atoms with Crippen LogP contribution in [0.2, 0.25) is 0 Å². The quantitative estimate of drug-likeness (QED) is 0.0481. The number of rotatable bonds is 17. The lowest BCUT2D eigenvalue weighted by Gasteiger charge is -2.32. The Kier molecular flexibility index (Phi) is 13.0. The molecule has 0 aliphatic carbocycles. The van der Waals surface area contributed by atoms with E-state index in [1.165, 1.54) is 30.6 Å². The molecule has 2 aliphatic heterocycles. The number of aromatic nitrogens is 6. The number of hydrogen-bond acceptors (Lipinski definition) is 22. The molecular formula is C24H39N10O18P3. The van der Waals surface area contributed by atoms with Crippen molar-refractivity contribution in [2.75, 3.05) is 57.5 Å². The number of nitrogens with one attached hydrogen (secondary N) is 3. The molecule has 3 unspecified atom stereocenters. The van der Waals surface area contributed by atoms with Gasteiger partial charge >= 0.3 is 23.5 Å². The van der Waals surface area contributed by atoms with Gasteiger partial charge in [-0.1, -0.05) is 0 Å². The molecule has 5 rings (SSSR count). The van der Waals surface area contributed by atoms with Crippen LogP contribution < -0.4 is 32.8 Å². The molecule has 308 valence electrons. The van der Waals surface area contributed by atoms with Crippen LogP contribution in [0, 0.1) is 6.92 Å². The smallest absolute Gasteiger partial charge is 0.387 e. The molecule has 5 heterocycles. The molecule has 28 nitrogen and oxygen atoms in total. The number of aliphatic hydroxyl groups is 2. The molecule has 0 aromatic carbocycles. The van der Waals surface area contributed by atoms with Crippen LogP contribution >= 0.6 is 23.5 Å². The van der Waals surface area contributed by atoms with Crippen molar-refractivity contribution in [2.45, 2.75) is 56.0 Å². The van der Waals surface area contributed by atoms with Crippen LogP contribution in [-0.4, -0.2) is 138 Å². The van der Waals surface area contributed by atoms with Gasteiger partial charge < -0.3 is 65.5 Å². The lowest BCUT2D eigenvalue weighted by atomic mass is 10.1. The number of aliphatic hydroxyl groups excluding tert-OH is 2. The second kappa shape index (κ2) is 16.7. The SMILES string of the molecule is CNCN(c1nc(N)[nH]c(=O)c1C)[C@@H]1O[C@H](COP(=O)(O)OP(=O)(O)OP(=O)(O)OC[C@H]2O[C@@H](n3cnc4c(=O)[nH]c(N)nc43)[C@H](OC)[C@@H]2O)[C@H](OC)[C@@H]1O. The summed E-state index contributed by atoms with van der Waals surface area (Å²) in [6, 6.07) is 0. The number of phosphoric acid groups is 3. The van der Waals surface area contributed by atoms with Gasteiger partial charge in [0.2, 0.25) is 11.9 Å². The first kappa shape index (κ1) is 42.9. The minimum absolute atomic E-state index is 0.0149. The fourth-order valence-electron chi connectivity index (χ4n) is 5.80. The third-order valence-electron chi connectivity index (χ3n) is 8.16. The summed E-state index contributed by atoms with van der Waals surface area (Å²) in [5.41, 5.74) is 9.98. The number of phosphoric ester groups is 2. The highest BCUT2D eigenvalue weighted by Gasteiger charge is 2.50. The first-order valence-electron chi connectivity index (χ1n) is 15.6. The Balaban J connectivity index is 1.20. The number of ether oxygens (including phenoxy) is 4. The zero-order valence-electron chi connectivity index (χ0n) is 29.1. The molecule has 3 aromatic heterocycles. The predicted molar refractivity (Wildman–Crippen MR) is 183 cm³/mol. The monoisotopic (exact) mass is 848 g/mol. The maximum absolute atomic E-state index is 12.7. The van der Waals surface area contributed by atoms with E-state index < -0.39 is 96.9 Å². The number of nitrogens with two attached hydrogens (primary N) is 2. The van der Waals surface area contributed by atoms with E-state index in [9.17, 15) is 48.2 Å². The Morgan fingerprint density at radius 1 is 0.891 bits per heavy atom. The summed E-state index contributed by atoms with van der Waals surface area (Å²) in [6.45, 7) is -0.557. The maximum Gasteiger partial charge on any atom is 0.490 e. The Morgan fingerprint density at radius 2 is 1.47 bits per heavy atom. The van der Waals surface area contributed by atoms with Crippen LogP contribution in [0.5, 0.6) is 0 Å². The van der Waals surface area contributed by atoms with Crippen molar-refractivity contribution < 1.29 is 75.2 Å². The Morgan fingerprint density at radius 3 is 2.07 bits per heavy atom. The topological polar surface area (TPSA) is 403 Å². The van der Waals surface area contributed by atoms with Gasteiger partial charge in [-0.15, -0.1) is 0 Å². The minimum Gasteiger partial charge on any atom is -0.387 e. The number of anilines is 3. The van der Waals surface area contributed by atoms with Gasteiger partial charge in [0.25, 0.3) is 11.1 Å². The largest absolute Gasteiger partial charge is 0.490 e. The molecule has 2 fully saturated rings. The van der Waals surface area contributed by atoms with E-state index >= 15 is 0 Å². The lowest BCUT2D eigenvalue weighted by Crippen LogP contribution is -2.49. The van der Waals surface area contributed by atoms with Gasteiger partial charge in [-0.05, 0) is 14.0 Å². The Bertz CT molecular complexity index is 2120. The second-order valence-electron chi connectivity index (χ2n) is 11.8. The highest BCUT2D eigenvalue weighted by atomic mass is 31.3. The highest BCUT2D eigenvalue weighted by Crippen LogP contribution is 2.67. The second-order valence-corrected chi connectivity index (χ2v) is 16.5. The van der Waals surface area contributed by atoms with Gasteiger partial charge in [-0.2, -0.15) is 18.6 Å². The normalized spacial score (nSPS) is 28.9. The van der Waals surface area contributed by atoms with Crippen molar-refractivity contribution in [1.82, 2.24) is 34.8 Å². The van der Waals surface area contributed by atoms with Crippen LogP contribution in [0.25, 0.3) is 11.2 Å². The molecule has 11 atom stereocenters. The molecule has 55 heavy (non-hydrogen) atoms. The maximum atomic E-state index is 12.7. The van der Waals surface area contributed by atoms with Crippen molar-refractivity contribution in [3.63, 3.8) is 0 Å². The number of imidazole rings is 1. The molecule has 0 radical (unpaired) electrons. The summed E-state index contributed by atoms with van der Waals surface area (Å²) in [4.78, 5) is 73.0. The van der Waals surface area contributed by atoms with Crippen molar-refractivity contribution >= 4 is 52.3 Å². The van der Waals surface area contributed by atoms with Gasteiger partial charge in [0.1, 0.15) is 42.4 Å². The van der Waals surface area contributed by atoms with Crippen molar-refractivity contribution in [1.29, 1.82) is 0 Å². The van der Waals surface area contributed by atoms with E-state index in [0.717, 1.165) is 6.33 Å². The van der Waals surface area contributed by atoms with E-state index in [2.05, 4.69) is 38.9 Å². The number of hydrogen-bond donors (Lipinski definition) is 10. The van der Waals surface area contributed by atoms with E-state index in [0.29, 0.717) is 0 Å². The fraction of sp³-hybridized carbons (Fsp3) is 0.625. The van der Waals surface area contributed by atoms with E-state index in [1.54, 1.807) is 7.05 Å². The first-order chi connectivity index (χ1) is 25.7. The number of methoxy groups -OCH3 is 2. The van der Waals surface area contributed by atoms with Crippen LogP contribution in [0.4, 0.5) is 17.7 Å². The molecule has 0 spiro atoms. The van der Waals surface area contributed by atoms with Gasteiger partial charge in [0.05, 0.1) is 31.8 Å². The van der Waals surface area contributed by atoms with E-state index in [4.69, 9.17) is 39.5 Å². The summed E-state index contributed by atoms with van der Waals surface area (Å²) in [6.07, 6.45) is -9.83. The zero-order chi connectivity index (χ0) is 40.6. The average Bonchev–Trinajstić information content (AvgIpc) is 3.74. The Hall–Kier alpha value is -3.24. The van der Waals surface area contributed by atoms with Crippen LogP contribution in [0.3, 0.4) is 0 Å². The van der Waals surface area contributed by atoms with Gasteiger partial charge in [0.15, 0.2) is 23.6 Å². The molecule has 0 saturated carbocycles. The zero-order valence-corrected chi connectivity index (χ0v) is 31.8. The number of fused-ring (bicyclic) bond motifs is 1. The summed E-state index contributed by atoms with van der Waals surface area (Å²) in [5, 5.41) is 24.6. The first-order valence-corrected chi connectivity index (χ1v) is 20.1. The van der Waals surface area contributed by atoms with Crippen LogP contribution in [0.1, 0.15) is 11.8 Å². The summed E-state index contributed by atoms with van der Waals surface area (Å²) < 4.78 is 79.0. The molecule has 2 saturated heterocycles.